The summed E-state index contributed by atoms with van der Waals surface area (Å²) in [5.74, 6) is -0.107. The third kappa shape index (κ3) is 2.35. The summed E-state index contributed by atoms with van der Waals surface area (Å²) in [6.07, 6.45) is 4.71. The summed E-state index contributed by atoms with van der Waals surface area (Å²) in [6.45, 7) is 0. The number of aryl methyl sites for hydroxylation is 1. The Hall–Kier alpha value is -2.34. The van der Waals surface area contributed by atoms with Crippen molar-refractivity contribution in [1.29, 1.82) is 0 Å². The molecule has 0 saturated heterocycles. The molecule has 110 valence electrons. The van der Waals surface area contributed by atoms with Gasteiger partial charge in [-0.2, -0.15) is 8.75 Å². The molecule has 1 amide bonds. The van der Waals surface area contributed by atoms with Crippen LogP contribution in [0.5, 0.6) is 0 Å². The van der Waals surface area contributed by atoms with Crippen molar-refractivity contribution in [1.82, 2.24) is 19.0 Å². The van der Waals surface area contributed by atoms with Gasteiger partial charge in [0.2, 0.25) is 0 Å². The number of pyridine rings is 1. The molecule has 0 bridgehead atoms. The fourth-order valence-corrected chi connectivity index (χ4v) is 3.44. The van der Waals surface area contributed by atoms with E-state index in [-0.39, 0.29) is 11.9 Å². The SMILES string of the molecule is O=C(NC1CCCc2ccccc21)c1cnc2nsnc2c1. The van der Waals surface area contributed by atoms with Crippen LogP contribution in [0.4, 0.5) is 0 Å². The number of hydrogen-bond donors (Lipinski definition) is 1. The van der Waals surface area contributed by atoms with Gasteiger partial charge in [0.05, 0.1) is 23.3 Å². The van der Waals surface area contributed by atoms with Gasteiger partial charge in [-0.3, -0.25) is 4.79 Å². The molecule has 0 spiro atoms. The van der Waals surface area contributed by atoms with E-state index < -0.39 is 0 Å². The second-order valence-corrected chi connectivity index (χ2v) is 5.98. The number of carbonyl (C=O) groups is 1. The van der Waals surface area contributed by atoms with Crippen LogP contribution in [-0.4, -0.2) is 19.6 Å². The van der Waals surface area contributed by atoms with Crippen LogP contribution in [0.2, 0.25) is 0 Å². The normalized spacial score (nSPS) is 17.2. The molecule has 1 aliphatic carbocycles. The minimum atomic E-state index is -0.107. The highest BCUT2D eigenvalue weighted by Gasteiger charge is 2.22. The Morgan fingerprint density at radius 2 is 2.18 bits per heavy atom. The average molecular weight is 310 g/mol. The quantitative estimate of drug-likeness (QED) is 0.790. The van der Waals surface area contributed by atoms with Crippen molar-refractivity contribution in [3.8, 4) is 0 Å². The van der Waals surface area contributed by atoms with E-state index in [1.54, 1.807) is 12.3 Å². The highest BCUT2D eigenvalue weighted by molar-refractivity contribution is 7.00. The van der Waals surface area contributed by atoms with Crippen molar-refractivity contribution in [3.05, 3.63) is 53.2 Å². The molecular formula is C16H14N4OS. The number of aromatic nitrogens is 3. The molecule has 4 rings (SSSR count). The summed E-state index contributed by atoms with van der Waals surface area (Å²) in [5.41, 5.74) is 4.34. The third-order valence-corrected chi connectivity index (χ3v) is 4.58. The maximum Gasteiger partial charge on any atom is 0.253 e. The van der Waals surface area contributed by atoms with Crippen LogP contribution in [0.15, 0.2) is 36.5 Å². The van der Waals surface area contributed by atoms with E-state index in [4.69, 9.17) is 0 Å². The molecule has 1 aliphatic rings. The van der Waals surface area contributed by atoms with Crippen molar-refractivity contribution < 1.29 is 4.79 Å². The fourth-order valence-electron chi connectivity index (χ4n) is 2.96. The van der Waals surface area contributed by atoms with Crippen molar-refractivity contribution >= 4 is 28.8 Å². The molecular weight excluding hydrogens is 296 g/mol. The molecule has 22 heavy (non-hydrogen) atoms. The lowest BCUT2D eigenvalue weighted by atomic mass is 9.87. The first-order valence-electron chi connectivity index (χ1n) is 7.28. The lowest BCUT2D eigenvalue weighted by molar-refractivity contribution is 0.0932. The second kappa shape index (κ2) is 5.46. The highest BCUT2D eigenvalue weighted by Crippen LogP contribution is 2.29. The largest absolute Gasteiger partial charge is 0.345 e. The van der Waals surface area contributed by atoms with Crippen LogP contribution in [0.1, 0.15) is 40.4 Å². The van der Waals surface area contributed by atoms with Gasteiger partial charge in [-0.1, -0.05) is 24.3 Å². The number of carbonyl (C=O) groups excluding carboxylic acids is 1. The summed E-state index contributed by atoms with van der Waals surface area (Å²) in [7, 11) is 0. The molecule has 0 aliphatic heterocycles. The van der Waals surface area contributed by atoms with E-state index in [9.17, 15) is 4.79 Å². The number of hydrogen-bond acceptors (Lipinski definition) is 5. The molecule has 3 aromatic rings. The Balaban J connectivity index is 1.59. The molecule has 2 aromatic heterocycles. The van der Waals surface area contributed by atoms with E-state index >= 15 is 0 Å². The van der Waals surface area contributed by atoms with E-state index in [1.165, 1.54) is 11.1 Å². The van der Waals surface area contributed by atoms with Crippen molar-refractivity contribution in [2.75, 3.05) is 0 Å². The highest BCUT2D eigenvalue weighted by atomic mass is 32.1. The first kappa shape index (κ1) is 13.3. The standard InChI is InChI=1S/C16H14N4OS/c21-16(11-8-14-15(17-9-11)20-22-19-14)18-13-7-3-5-10-4-1-2-6-12(10)13/h1-2,4,6,8-9,13H,3,5,7H2,(H,18,21). The predicted molar refractivity (Wildman–Crippen MR) is 84.8 cm³/mol. The summed E-state index contributed by atoms with van der Waals surface area (Å²) in [6, 6.07) is 10.1. The number of nitrogens with zero attached hydrogens (tertiary/aromatic N) is 3. The fraction of sp³-hybridized carbons (Fsp3) is 0.250. The van der Waals surface area contributed by atoms with Gasteiger partial charge < -0.3 is 5.32 Å². The zero-order valence-electron chi connectivity index (χ0n) is 11.8. The molecule has 0 fully saturated rings. The zero-order valence-corrected chi connectivity index (χ0v) is 12.6. The lowest BCUT2D eigenvalue weighted by Crippen LogP contribution is -2.31. The van der Waals surface area contributed by atoms with Gasteiger partial charge in [-0.05, 0) is 36.5 Å². The minimum absolute atomic E-state index is 0.0710. The van der Waals surface area contributed by atoms with Gasteiger partial charge >= 0.3 is 0 Å². The van der Waals surface area contributed by atoms with Crippen molar-refractivity contribution in [2.45, 2.75) is 25.3 Å². The Labute approximate surface area is 131 Å². The molecule has 5 nitrogen and oxygen atoms in total. The third-order valence-electron chi connectivity index (χ3n) is 4.05. The number of nitrogens with one attached hydrogen (secondary N) is 1. The van der Waals surface area contributed by atoms with Gasteiger partial charge in [0.25, 0.3) is 5.91 Å². The average Bonchev–Trinajstić information content (AvgIpc) is 3.02. The van der Waals surface area contributed by atoms with Gasteiger partial charge in [-0.25, -0.2) is 4.98 Å². The zero-order chi connectivity index (χ0) is 14.9. The second-order valence-electron chi connectivity index (χ2n) is 5.45. The summed E-state index contributed by atoms with van der Waals surface area (Å²) in [4.78, 5) is 16.7. The summed E-state index contributed by atoms with van der Waals surface area (Å²) >= 11 is 1.11. The first-order valence-corrected chi connectivity index (χ1v) is 8.01. The number of rotatable bonds is 2. The predicted octanol–water partition coefficient (Wildman–Crippen LogP) is 2.89. The molecule has 2 heterocycles. The number of fused-ring (bicyclic) bond motifs is 2. The Kier molecular flexibility index (Phi) is 3.31. The van der Waals surface area contributed by atoms with Crippen LogP contribution >= 0.6 is 11.7 Å². The van der Waals surface area contributed by atoms with E-state index in [1.807, 2.05) is 6.07 Å². The van der Waals surface area contributed by atoms with Crippen LogP contribution in [0.3, 0.4) is 0 Å². The van der Waals surface area contributed by atoms with Gasteiger partial charge in [0, 0.05) is 6.20 Å². The smallest absolute Gasteiger partial charge is 0.253 e. The van der Waals surface area contributed by atoms with E-state index in [0.717, 1.165) is 31.0 Å². The van der Waals surface area contributed by atoms with E-state index in [0.29, 0.717) is 16.7 Å². The Morgan fingerprint density at radius 3 is 3.14 bits per heavy atom. The monoisotopic (exact) mass is 310 g/mol. The summed E-state index contributed by atoms with van der Waals surface area (Å²) < 4.78 is 8.18. The van der Waals surface area contributed by atoms with Crippen LogP contribution in [0.25, 0.3) is 11.2 Å². The maximum atomic E-state index is 12.5. The lowest BCUT2D eigenvalue weighted by Gasteiger charge is -2.26. The molecule has 1 aromatic carbocycles. The van der Waals surface area contributed by atoms with Crippen molar-refractivity contribution in [2.24, 2.45) is 0 Å². The van der Waals surface area contributed by atoms with Crippen molar-refractivity contribution in [3.63, 3.8) is 0 Å². The first-order chi connectivity index (χ1) is 10.8. The van der Waals surface area contributed by atoms with Gasteiger partial charge in [-0.15, -0.1) is 0 Å². The summed E-state index contributed by atoms with van der Waals surface area (Å²) in [5, 5.41) is 3.12. The number of amides is 1. The van der Waals surface area contributed by atoms with Crippen LogP contribution in [-0.2, 0) is 6.42 Å². The Morgan fingerprint density at radius 1 is 1.27 bits per heavy atom. The topological polar surface area (TPSA) is 67.8 Å². The van der Waals surface area contributed by atoms with E-state index in [2.05, 4.69) is 37.2 Å². The maximum absolute atomic E-state index is 12.5. The molecule has 1 unspecified atom stereocenters. The van der Waals surface area contributed by atoms with Gasteiger partial charge in [0.15, 0.2) is 5.65 Å². The molecule has 1 atom stereocenters. The minimum Gasteiger partial charge on any atom is -0.345 e. The van der Waals surface area contributed by atoms with Gasteiger partial charge in [0.1, 0.15) is 5.52 Å². The van der Waals surface area contributed by atoms with Crippen LogP contribution < -0.4 is 5.32 Å². The molecule has 1 N–H and O–H groups in total. The molecule has 0 radical (unpaired) electrons. The molecule has 0 saturated carbocycles. The Bertz CT molecular complexity index is 845. The van der Waals surface area contributed by atoms with Crippen LogP contribution in [0, 0.1) is 0 Å². The number of benzene rings is 1. The molecule has 6 heteroatoms.